The number of rotatable bonds is 11. The minimum atomic E-state index is -8.63. The van der Waals surface area contributed by atoms with Gasteiger partial charge in [-0.05, 0) is 0 Å². The molecule has 1 aliphatic heterocycles. The molecule has 0 bridgehead atoms. The molecule has 1 aromatic carbocycles. The SMILES string of the molecule is CC1(C)OB(c2ccc[c]([Ge]([CH3])([CH3])[CH2]CC(F)(F)C(F)(F)C(F)(F)C(F)(F)C(F)(F)C(F)(F)C(F)(F)C(F)(F)F)c2)OC1(C)C. The molecule has 0 atom stereocenters. The summed E-state index contributed by atoms with van der Waals surface area (Å²) in [5, 5.41) is -1.12. The van der Waals surface area contributed by atoms with E-state index in [4.69, 9.17) is 9.31 Å². The van der Waals surface area contributed by atoms with Crippen LogP contribution in [0.2, 0.25) is 16.8 Å². The Hall–Kier alpha value is -1.44. The summed E-state index contributed by atoms with van der Waals surface area (Å²) in [5.41, 5.74) is -1.36. The fourth-order valence-electron chi connectivity index (χ4n) is 4.05. The van der Waals surface area contributed by atoms with Crippen molar-refractivity contribution < 1.29 is 83.9 Å². The molecular formula is C24H26BF17GeO2. The van der Waals surface area contributed by atoms with Crippen LogP contribution in [-0.2, 0) is 9.31 Å². The van der Waals surface area contributed by atoms with E-state index in [9.17, 15) is 74.6 Å². The van der Waals surface area contributed by atoms with Crippen LogP contribution in [0, 0.1) is 0 Å². The van der Waals surface area contributed by atoms with Gasteiger partial charge in [-0.25, -0.2) is 0 Å². The molecule has 2 rings (SSSR count). The molecule has 45 heavy (non-hydrogen) atoms. The molecule has 0 spiro atoms. The van der Waals surface area contributed by atoms with E-state index < -0.39 is 90.9 Å². The average Bonchev–Trinajstić information content (AvgIpc) is 3.08. The van der Waals surface area contributed by atoms with Crippen LogP contribution in [0.1, 0.15) is 34.1 Å². The van der Waals surface area contributed by atoms with Crippen molar-refractivity contribution in [2.75, 3.05) is 0 Å². The molecule has 0 aliphatic carbocycles. The van der Waals surface area contributed by atoms with Crippen LogP contribution in [0.3, 0.4) is 0 Å². The molecule has 0 radical (unpaired) electrons. The second-order valence-corrected chi connectivity index (χ2v) is 22.4. The minimum absolute atomic E-state index is 0.221. The maximum absolute atomic E-state index is 14.5. The van der Waals surface area contributed by atoms with Gasteiger partial charge in [-0.1, -0.05) is 0 Å². The fraction of sp³-hybridized carbons (Fsp3) is 0.750. The van der Waals surface area contributed by atoms with Crippen LogP contribution in [0.15, 0.2) is 24.3 Å². The predicted octanol–water partition coefficient (Wildman–Crippen LogP) is 8.30. The molecule has 260 valence electrons. The van der Waals surface area contributed by atoms with Crippen molar-refractivity contribution in [3.05, 3.63) is 24.3 Å². The summed E-state index contributed by atoms with van der Waals surface area (Å²) >= 11 is -4.11. The van der Waals surface area contributed by atoms with Gasteiger partial charge in [-0.15, -0.1) is 0 Å². The zero-order chi connectivity index (χ0) is 35.9. The van der Waals surface area contributed by atoms with Crippen molar-refractivity contribution in [3.8, 4) is 0 Å². The van der Waals surface area contributed by atoms with E-state index in [2.05, 4.69) is 0 Å². The topological polar surface area (TPSA) is 18.5 Å². The van der Waals surface area contributed by atoms with E-state index in [-0.39, 0.29) is 4.40 Å². The fourth-order valence-corrected chi connectivity index (χ4v) is 8.95. The van der Waals surface area contributed by atoms with Crippen LogP contribution in [-0.4, -0.2) is 79.2 Å². The Morgan fingerprint density at radius 1 is 0.600 bits per heavy atom. The van der Waals surface area contributed by atoms with Gasteiger partial charge in [0.15, 0.2) is 0 Å². The Labute approximate surface area is 248 Å². The second-order valence-electron chi connectivity index (χ2n) is 12.2. The van der Waals surface area contributed by atoms with E-state index >= 15 is 0 Å². The molecule has 0 amide bonds. The monoisotopic (exact) mass is 754 g/mol. The third-order valence-corrected chi connectivity index (χ3v) is 15.1. The summed E-state index contributed by atoms with van der Waals surface area (Å²) in [6, 6.07) is 5.55. The molecule has 0 N–H and O–H groups in total. The number of alkyl halides is 17. The average molecular weight is 753 g/mol. The first kappa shape index (κ1) is 39.7. The predicted molar refractivity (Wildman–Crippen MR) is 129 cm³/mol. The quantitative estimate of drug-likeness (QED) is 0.167. The Balaban J connectivity index is 2.41. The Bertz CT molecular complexity index is 1230. The van der Waals surface area contributed by atoms with Crippen molar-refractivity contribution >= 4 is 30.2 Å². The summed E-state index contributed by atoms with van der Waals surface area (Å²) in [5.74, 6) is -53.7. The molecule has 1 aromatic rings. The molecule has 21 heteroatoms. The molecule has 1 heterocycles. The second kappa shape index (κ2) is 11.0. The van der Waals surface area contributed by atoms with Crippen LogP contribution < -0.4 is 9.86 Å². The third-order valence-electron chi connectivity index (χ3n) is 8.04. The maximum atomic E-state index is 14.5. The number of hydrogen-bond acceptors (Lipinski definition) is 2. The van der Waals surface area contributed by atoms with Gasteiger partial charge >= 0.3 is 248 Å². The number of benzene rings is 1. The van der Waals surface area contributed by atoms with Crippen LogP contribution in [0.5, 0.6) is 0 Å². The molecule has 0 saturated carbocycles. The van der Waals surface area contributed by atoms with E-state index in [1.165, 1.54) is 35.8 Å². The summed E-state index contributed by atoms with van der Waals surface area (Å²) in [6.07, 6.45) is -10.2. The summed E-state index contributed by atoms with van der Waals surface area (Å²) in [6.45, 7) is 6.77. The normalized spacial score (nSPS) is 19.3. The van der Waals surface area contributed by atoms with Crippen molar-refractivity contribution in [3.63, 3.8) is 0 Å². The zero-order valence-electron chi connectivity index (χ0n) is 24.0. The van der Waals surface area contributed by atoms with Crippen LogP contribution in [0.25, 0.3) is 0 Å². The van der Waals surface area contributed by atoms with Gasteiger partial charge in [0.2, 0.25) is 0 Å². The Kier molecular flexibility index (Phi) is 9.76. The summed E-state index contributed by atoms with van der Waals surface area (Å²) in [4.78, 5) is 0. The van der Waals surface area contributed by atoms with Gasteiger partial charge in [0, 0.05) is 0 Å². The van der Waals surface area contributed by atoms with Gasteiger partial charge < -0.3 is 0 Å². The first-order valence-corrected chi connectivity index (χ1v) is 19.4. The van der Waals surface area contributed by atoms with Crippen molar-refractivity contribution in [1.82, 2.24) is 0 Å². The standard InChI is InChI=1S/C24H26BF17GeO2/c1-15(2)16(3,4)45-25(44-15)13-8-7-9-14(12-13)43(5,6)11-10-17(26,27)18(28,29)19(30,31)20(32,33)21(34,35)22(36,37)23(38,39)24(40,41)42/h7-9,12H,10-11H2,1-6H3. The molecular weight excluding hydrogens is 727 g/mol. The van der Waals surface area contributed by atoms with Gasteiger partial charge in [-0.3, -0.25) is 0 Å². The molecule has 0 aromatic heterocycles. The van der Waals surface area contributed by atoms with E-state index in [0.29, 0.717) is 5.46 Å². The molecule has 2 nitrogen and oxygen atoms in total. The third kappa shape index (κ3) is 6.05. The molecule has 1 aliphatic rings. The van der Waals surface area contributed by atoms with E-state index in [1.807, 2.05) is 0 Å². The zero-order valence-corrected chi connectivity index (χ0v) is 26.1. The summed E-state index contributed by atoms with van der Waals surface area (Å²) in [7, 11) is -1.01. The van der Waals surface area contributed by atoms with E-state index in [0.717, 1.165) is 0 Å². The first-order valence-electron chi connectivity index (χ1n) is 12.7. The van der Waals surface area contributed by atoms with Gasteiger partial charge in [0.1, 0.15) is 0 Å². The first-order chi connectivity index (χ1) is 19.5. The van der Waals surface area contributed by atoms with Gasteiger partial charge in [-0.2, -0.15) is 0 Å². The Morgan fingerprint density at radius 2 is 0.978 bits per heavy atom. The summed E-state index contributed by atoms with van der Waals surface area (Å²) < 4.78 is 243. The molecule has 0 unspecified atom stereocenters. The van der Waals surface area contributed by atoms with Crippen molar-refractivity contribution in [1.29, 1.82) is 0 Å². The van der Waals surface area contributed by atoms with E-state index in [1.54, 1.807) is 27.7 Å². The Morgan fingerprint density at radius 3 is 1.38 bits per heavy atom. The number of halogens is 17. The van der Waals surface area contributed by atoms with Gasteiger partial charge in [0.25, 0.3) is 0 Å². The van der Waals surface area contributed by atoms with Crippen LogP contribution in [0.4, 0.5) is 74.6 Å². The van der Waals surface area contributed by atoms with Crippen molar-refractivity contribution in [2.24, 2.45) is 0 Å². The number of hydrogen-bond donors (Lipinski definition) is 0. The van der Waals surface area contributed by atoms with Gasteiger partial charge in [0.05, 0.1) is 0 Å². The van der Waals surface area contributed by atoms with Crippen molar-refractivity contribution in [2.45, 2.75) is 110 Å². The molecule has 1 saturated heterocycles. The van der Waals surface area contributed by atoms with Crippen LogP contribution >= 0.6 is 0 Å². The molecule has 1 fully saturated rings.